The topological polar surface area (TPSA) is 29.5 Å². The summed E-state index contributed by atoms with van der Waals surface area (Å²) in [7, 11) is 0. The number of hydrogen-bond donors (Lipinski definition) is 0. The van der Waals surface area contributed by atoms with Crippen molar-refractivity contribution in [1.82, 2.24) is 0 Å². The second-order valence-electron chi connectivity index (χ2n) is 6.57. The van der Waals surface area contributed by atoms with E-state index in [1.165, 1.54) is 16.7 Å². The van der Waals surface area contributed by atoms with Gasteiger partial charge in [-0.25, -0.2) is 0 Å². The zero-order valence-corrected chi connectivity index (χ0v) is 19.8. The zero-order chi connectivity index (χ0) is 22.0. The van der Waals surface area contributed by atoms with E-state index in [0.717, 1.165) is 11.1 Å². The molecule has 0 spiro atoms. The minimum Gasteiger partial charge on any atom is -0.489 e. The van der Waals surface area contributed by atoms with Gasteiger partial charge >= 0.3 is 0 Å². The Kier molecular flexibility index (Phi) is 6.89. The monoisotopic (exact) mass is 505 g/mol. The zero-order valence-electron chi connectivity index (χ0n) is 15.8. The van der Waals surface area contributed by atoms with Crippen molar-refractivity contribution in [3.05, 3.63) is 97.8 Å². The number of carbonyl (C=O) groups is 1. The smallest absolute Gasteiger partial charge is 0.270 e. The Hall–Kier alpha value is -2.02. The van der Waals surface area contributed by atoms with Gasteiger partial charge < -0.3 is 4.74 Å². The van der Waals surface area contributed by atoms with Crippen LogP contribution in [0.2, 0.25) is 15.1 Å². The molecule has 3 aromatic rings. The number of benzene rings is 3. The molecule has 4 rings (SSSR count). The Labute approximate surface area is 204 Å². The number of carbonyl (C=O) groups excluding carboxylic acids is 1. The molecule has 156 valence electrons. The average molecular weight is 507 g/mol. The van der Waals surface area contributed by atoms with Gasteiger partial charge in [-0.2, -0.15) is 0 Å². The number of hydrogen-bond acceptors (Lipinski definition) is 4. The number of thioether (sulfide) groups is 1. The summed E-state index contributed by atoms with van der Waals surface area (Å²) in [6.45, 7) is 0.350. The molecule has 1 saturated heterocycles. The third-order valence-electron chi connectivity index (χ3n) is 4.46. The van der Waals surface area contributed by atoms with Crippen LogP contribution in [0.25, 0.3) is 6.08 Å². The highest BCUT2D eigenvalue weighted by molar-refractivity contribution is 8.27. The first kappa shape index (κ1) is 22.2. The van der Waals surface area contributed by atoms with Crippen LogP contribution < -0.4 is 9.64 Å². The van der Waals surface area contributed by atoms with Crippen LogP contribution in [0.5, 0.6) is 5.75 Å². The third-order valence-corrected chi connectivity index (χ3v) is 6.87. The van der Waals surface area contributed by atoms with E-state index in [4.69, 9.17) is 51.8 Å². The number of rotatable bonds is 5. The van der Waals surface area contributed by atoms with Crippen LogP contribution in [-0.2, 0) is 11.4 Å². The van der Waals surface area contributed by atoms with Crippen molar-refractivity contribution in [2.45, 2.75) is 6.61 Å². The molecule has 1 aliphatic rings. The molecule has 0 aliphatic carbocycles. The van der Waals surface area contributed by atoms with Crippen LogP contribution >= 0.6 is 58.8 Å². The SMILES string of the molecule is O=C1/C(=C/c2cccc(OCc3ccccc3Cl)c2)SC(=S)N1c1ccc(Cl)c(Cl)c1. The second-order valence-corrected chi connectivity index (χ2v) is 9.47. The molecule has 1 heterocycles. The van der Waals surface area contributed by atoms with E-state index in [-0.39, 0.29) is 5.91 Å². The number of amides is 1. The van der Waals surface area contributed by atoms with Gasteiger partial charge in [-0.1, -0.05) is 89.1 Å². The Morgan fingerprint density at radius 1 is 0.935 bits per heavy atom. The first-order valence-electron chi connectivity index (χ1n) is 9.11. The average Bonchev–Trinajstić information content (AvgIpc) is 3.03. The Morgan fingerprint density at radius 2 is 1.74 bits per heavy atom. The Morgan fingerprint density at radius 3 is 2.52 bits per heavy atom. The normalized spacial score (nSPS) is 15.1. The van der Waals surface area contributed by atoms with Crippen molar-refractivity contribution in [2.24, 2.45) is 0 Å². The molecule has 1 fully saturated rings. The molecule has 0 saturated carbocycles. The van der Waals surface area contributed by atoms with E-state index in [1.54, 1.807) is 24.3 Å². The van der Waals surface area contributed by atoms with Gasteiger partial charge in [0, 0.05) is 10.6 Å². The largest absolute Gasteiger partial charge is 0.489 e. The first-order valence-corrected chi connectivity index (χ1v) is 11.5. The van der Waals surface area contributed by atoms with Crippen LogP contribution in [0.15, 0.2) is 71.6 Å². The predicted octanol–water partition coefficient (Wildman–Crippen LogP) is 7.63. The van der Waals surface area contributed by atoms with E-state index < -0.39 is 0 Å². The first-order chi connectivity index (χ1) is 14.9. The number of halogens is 3. The van der Waals surface area contributed by atoms with Crippen molar-refractivity contribution >= 4 is 80.8 Å². The van der Waals surface area contributed by atoms with Crippen molar-refractivity contribution in [3.63, 3.8) is 0 Å². The molecule has 3 aromatic carbocycles. The minimum absolute atomic E-state index is 0.212. The molecule has 0 bridgehead atoms. The lowest BCUT2D eigenvalue weighted by Gasteiger charge is -2.15. The summed E-state index contributed by atoms with van der Waals surface area (Å²) in [4.78, 5) is 14.9. The fraction of sp³-hybridized carbons (Fsp3) is 0.0435. The quantitative estimate of drug-likeness (QED) is 0.263. The molecule has 0 N–H and O–H groups in total. The van der Waals surface area contributed by atoms with Gasteiger partial charge in [0.25, 0.3) is 5.91 Å². The van der Waals surface area contributed by atoms with E-state index in [9.17, 15) is 4.79 Å². The maximum absolute atomic E-state index is 13.0. The summed E-state index contributed by atoms with van der Waals surface area (Å²) in [5.74, 6) is 0.462. The van der Waals surface area contributed by atoms with Gasteiger partial charge in [-0.05, 0) is 48.0 Å². The van der Waals surface area contributed by atoms with Gasteiger partial charge in [0.2, 0.25) is 0 Å². The molecule has 31 heavy (non-hydrogen) atoms. The second kappa shape index (κ2) is 9.63. The fourth-order valence-electron chi connectivity index (χ4n) is 2.94. The lowest BCUT2D eigenvalue weighted by atomic mass is 10.2. The number of anilines is 1. The van der Waals surface area contributed by atoms with Crippen LogP contribution in [0.4, 0.5) is 5.69 Å². The Balaban J connectivity index is 1.53. The van der Waals surface area contributed by atoms with Crippen LogP contribution in [0.1, 0.15) is 11.1 Å². The number of thiocarbonyl (C=S) groups is 1. The van der Waals surface area contributed by atoms with Crippen molar-refractivity contribution in [2.75, 3.05) is 4.90 Å². The molecule has 8 heteroatoms. The minimum atomic E-state index is -0.212. The molecule has 0 atom stereocenters. The summed E-state index contributed by atoms with van der Waals surface area (Å²) in [6, 6.07) is 20.0. The number of ether oxygens (including phenoxy) is 1. The van der Waals surface area contributed by atoms with E-state index >= 15 is 0 Å². The molecule has 1 amide bonds. The molecule has 3 nitrogen and oxygen atoms in total. The third kappa shape index (κ3) is 5.08. The maximum Gasteiger partial charge on any atom is 0.270 e. The van der Waals surface area contributed by atoms with Crippen molar-refractivity contribution in [3.8, 4) is 5.75 Å². The standard InChI is InChI=1S/C23H14Cl3NO2S2/c24-18-7-2-1-5-15(18)13-29-17-6-3-4-14(10-17)11-21-22(28)27(23(30)31-21)16-8-9-19(25)20(26)12-16/h1-12H,13H2/b21-11-. The number of nitrogens with zero attached hydrogens (tertiary/aromatic N) is 1. The van der Waals surface area contributed by atoms with Crippen molar-refractivity contribution in [1.29, 1.82) is 0 Å². The molecule has 0 unspecified atom stereocenters. The highest BCUT2D eigenvalue weighted by Crippen LogP contribution is 2.38. The summed E-state index contributed by atoms with van der Waals surface area (Å²) >= 11 is 24.9. The summed E-state index contributed by atoms with van der Waals surface area (Å²) < 4.78 is 6.30. The van der Waals surface area contributed by atoms with E-state index in [2.05, 4.69) is 0 Å². The van der Waals surface area contributed by atoms with Gasteiger partial charge in [0.1, 0.15) is 12.4 Å². The lowest BCUT2D eigenvalue weighted by Crippen LogP contribution is -2.27. The molecule has 0 aromatic heterocycles. The van der Waals surface area contributed by atoms with Crippen molar-refractivity contribution < 1.29 is 9.53 Å². The summed E-state index contributed by atoms with van der Waals surface area (Å²) in [6.07, 6.45) is 1.79. The van der Waals surface area contributed by atoms with Gasteiger partial charge in [-0.15, -0.1) is 0 Å². The maximum atomic E-state index is 13.0. The highest BCUT2D eigenvalue weighted by atomic mass is 35.5. The highest BCUT2D eigenvalue weighted by Gasteiger charge is 2.33. The summed E-state index contributed by atoms with van der Waals surface area (Å²) in [5, 5.41) is 1.44. The molecule has 0 radical (unpaired) electrons. The Bertz CT molecular complexity index is 1210. The van der Waals surface area contributed by atoms with Gasteiger partial charge in [-0.3, -0.25) is 9.69 Å². The van der Waals surface area contributed by atoms with E-state index in [1.807, 2.05) is 48.5 Å². The molecule has 1 aliphatic heterocycles. The van der Waals surface area contributed by atoms with E-state index in [0.29, 0.717) is 42.3 Å². The predicted molar refractivity (Wildman–Crippen MR) is 134 cm³/mol. The van der Waals surface area contributed by atoms with Crippen LogP contribution in [0.3, 0.4) is 0 Å². The van der Waals surface area contributed by atoms with Gasteiger partial charge in [0.05, 0.1) is 20.6 Å². The lowest BCUT2D eigenvalue weighted by molar-refractivity contribution is -0.113. The van der Waals surface area contributed by atoms with Gasteiger partial charge in [0.15, 0.2) is 4.32 Å². The summed E-state index contributed by atoms with van der Waals surface area (Å²) in [5.41, 5.74) is 2.31. The molecular weight excluding hydrogens is 493 g/mol. The van der Waals surface area contributed by atoms with Crippen LogP contribution in [0, 0.1) is 0 Å². The fourth-order valence-corrected chi connectivity index (χ4v) is 4.72. The van der Waals surface area contributed by atoms with Crippen LogP contribution in [-0.4, -0.2) is 10.2 Å². The molecular formula is C23H14Cl3NO2S2.